The molecular weight excluding hydrogens is 168 g/mol. The Balaban J connectivity index is 2.51. The molecule has 2 atom stereocenters. The van der Waals surface area contributed by atoms with Crippen LogP contribution in [0.3, 0.4) is 0 Å². The predicted octanol–water partition coefficient (Wildman–Crippen LogP) is 0.0954. The van der Waals surface area contributed by atoms with Gasteiger partial charge in [-0.25, -0.2) is 0 Å². The summed E-state index contributed by atoms with van der Waals surface area (Å²) in [6.07, 6.45) is 0.244. The zero-order chi connectivity index (χ0) is 10.0. The van der Waals surface area contributed by atoms with Crippen LogP contribution in [0.1, 0.15) is 13.3 Å². The van der Waals surface area contributed by atoms with Crippen LogP contribution in [0.2, 0.25) is 0 Å². The van der Waals surface area contributed by atoms with Gasteiger partial charge in [-0.1, -0.05) is 0 Å². The van der Waals surface area contributed by atoms with E-state index in [1.807, 2.05) is 14.1 Å². The van der Waals surface area contributed by atoms with Crippen molar-refractivity contribution in [1.29, 1.82) is 0 Å². The summed E-state index contributed by atoms with van der Waals surface area (Å²) >= 11 is 0. The van der Waals surface area contributed by atoms with Crippen LogP contribution in [0.15, 0.2) is 0 Å². The lowest BCUT2D eigenvalue weighted by Crippen LogP contribution is -2.54. The third-order valence-corrected chi connectivity index (χ3v) is 2.84. The monoisotopic (exact) mass is 186 g/mol. The van der Waals surface area contributed by atoms with Crippen LogP contribution in [-0.2, 0) is 4.79 Å². The van der Waals surface area contributed by atoms with E-state index < -0.39 is 5.97 Å². The van der Waals surface area contributed by atoms with Crippen LogP contribution in [-0.4, -0.2) is 60.1 Å². The summed E-state index contributed by atoms with van der Waals surface area (Å²) in [5.41, 5.74) is 0. The molecule has 0 bridgehead atoms. The fourth-order valence-corrected chi connectivity index (χ4v) is 1.78. The topological polar surface area (TPSA) is 43.8 Å². The first-order valence-electron chi connectivity index (χ1n) is 4.63. The van der Waals surface area contributed by atoms with Crippen molar-refractivity contribution in [3.63, 3.8) is 0 Å². The normalized spacial score (nSPS) is 31.9. The van der Waals surface area contributed by atoms with Crippen LogP contribution in [0.5, 0.6) is 0 Å². The molecule has 0 aromatic carbocycles. The van der Waals surface area contributed by atoms with E-state index in [0.29, 0.717) is 6.04 Å². The van der Waals surface area contributed by atoms with Crippen LogP contribution < -0.4 is 0 Å². The van der Waals surface area contributed by atoms with Crippen LogP contribution in [0.25, 0.3) is 0 Å². The summed E-state index contributed by atoms with van der Waals surface area (Å²) in [4.78, 5) is 14.9. The molecule has 4 heteroatoms. The zero-order valence-electron chi connectivity index (χ0n) is 8.53. The van der Waals surface area contributed by atoms with E-state index in [2.05, 4.69) is 16.7 Å². The highest BCUT2D eigenvalue weighted by atomic mass is 16.4. The van der Waals surface area contributed by atoms with Gasteiger partial charge >= 0.3 is 5.97 Å². The Kier molecular flexibility index (Phi) is 3.27. The standard InChI is InChI=1S/C9H18N2O2/c1-7-5-11(3)8(4-9(12)13)6-10(7)2/h7-8H,4-6H2,1-3H3,(H,12,13)/t7-,8-/m1/s1. The van der Waals surface area contributed by atoms with Crippen molar-refractivity contribution < 1.29 is 9.90 Å². The molecule has 1 N–H and O–H groups in total. The average Bonchev–Trinajstić information content (AvgIpc) is 1.99. The number of aliphatic carboxylic acids is 1. The molecule has 13 heavy (non-hydrogen) atoms. The Morgan fingerprint density at radius 2 is 2.00 bits per heavy atom. The van der Waals surface area contributed by atoms with Gasteiger partial charge in [-0.15, -0.1) is 0 Å². The molecule has 1 saturated heterocycles. The summed E-state index contributed by atoms with van der Waals surface area (Å²) < 4.78 is 0. The lowest BCUT2D eigenvalue weighted by molar-refractivity contribution is -0.139. The van der Waals surface area contributed by atoms with Crippen LogP contribution >= 0.6 is 0 Å². The summed E-state index contributed by atoms with van der Waals surface area (Å²) in [5.74, 6) is -0.709. The van der Waals surface area contributed by atoms with Gasteiger partial charge in [-0.05, 0) is 21.0 Å². The number of nitrogens with zero attached hydrogens (tertiary/aromatic N) is 2. The van der Waals surface area contributed by atoms with Crippen molar-refractivity contribution in [3.05, 3.63) is 0 Å². The number of piperazine rings is 1. The molecule has 4 nitrogen and oxygen atoms in total. The SMILES string of the molecule is C[C@@H]1CN(C)[C@H](CC(=O)O)CN1C. The molecule has 1 aliphatic heterocycles. The van der Waals surface area contributed by atoms with Crippen molar-refractivity contribution >= 4 is 5.97 Å². The molecule has 0 amide bonds. The van der Waals surface area contributed by atoms with Gasteiger partial charge in [0.25, 0.3) is 0 Å². The van der Waals surface area contributed by atoms with Gasteiger partial charge < -0.3 is 14.9 Å². The van der Waals surface area contributed by atoms with E-state index >= 15 is 0 Å². The number of rotatable bonds is 2. The van der Waals surface area contributed by atoms with Crippen molar-refractivity contribution in [2.45, 2.75) is 25.4 Å². The first kappa shape index (κ1) is 10.5. The van der Waals surface area contributed by atoms with Crippen molar-refractivity contribution in [3.8, 4) is 0 Å². The minimum Gasteiger partial charge on any atom is -0.481 e. The second kappa shape index (κ2) is 4.07. The van der Waals surface area contributed by atoms with Gasteiger partial charge in [-0.3, -0.25) is 4.79 Å². The summed E-state index contributed by atoms with van der Waals surface area (Å²) in [5, 5.41) is 8.69. The van der Waals surface area contributed by atoms with E-state index in [9.17, 15) is 4.79 Å². The molecule has 76 valence electrons. The number of carboxylic acids is 1. The first-order chi connectivity index (χ1) is 6.00. The van der Waals surface area contributed by atoms with Crippen LogP contribution in [0, 0.1) is 0 Å². The maximum absolute atomic E-state index is 10.6. The van der Waals surface area contributed by atoms with E-state index in [-0.39, 0.29) is 12.5 Å². The highest BCUT2D eigenvalue weighted by Crippen LogP contribution is 2.13. The van der Waals surface area contributed by atoms with E-state index in [1.54, 1.807) is 0 Å². The molecule has 1 aliphatic rings. The molecule has 0 aliphatic carbocycles. The minimum atomic E-state index is -0.709. The maximum atomic E-state index is 10.6. The molecule has 1 fully saturated rings. The highest BCUT2D eigenvalue weighted by molar-refractivity contribution is 5.67. The Labute approximate surface area is 79.1 Å². The molecule has 0 aromatic heterocycles. The number of likely N-dealkylation sites (N-methyl/N-ethyl adjacent to an activating group) is 2. The average molecular weight is 186 g/mol. The fourth-order valence-electron chi connectivity index (χ4n) is 1.78. The lowest BCUT2D eigenvalue weighted by Gasteiger charge is -2.41. The number of hydrogen-bond acceptors (Lipinski definition) is 3. The number of carboxylic acid groups (broad SMARTS) is 1. The quantitative estimate of drug-likeness (QED) is 0.664. The summed E-state index contributed by atoms with van der Waals surface area (Å²) in [6.45, 7) is 3.96. The second-order valence-corrected chi connectivity index (χ2v) is 3.98. The third kappa shape index (κ3) is 2.67. The van der Waals surface area contributed by atoms with Gasteiger partial charge in [0, 0.05) is 25.2 Å². The predicted molar refractivity (Wildman–Crippen MR) is 50.8 cm³/mol. The minimum absolute atomic E-state index is 0.165. The van der Waals surface area contributed by atoms with E-state index in [1.165, 1.54) is 0 Å². The Hall–Kier alpha value is -0.610. The molecular formula is C9H18N2O2. The molecule has 1 rings (SSSR count). The molecule has 0 unspecified atom stereocenters. The smallest absolute Gasteiger partial charge is 0.304 e. The third-order valence-electron chi connectivity index (χ3n) is 2.84. The largest absolute Gasteiger partial charge is 0.481 e. The van der Waals surface area contributed by atoms with E-state index in [4.69, 9.17) is 5.11 Å². The van der Waals surface area contributed by atoms with Crippen molar-refractivity contribution in [2.75, 3.05) is 27.2 Å². The highest BCUT2D eigenvalue weighted by Gasteiger charge is 2.28. The second-order valence-electron chi connectivity index (χ2n) is 3.98. The Morgan fingerprint density at radius 3 is 2.54 bits per heavy atom. The molecule has 0 aromatic rings. The van der Waals surface area contributed by atoms with Gasteiger partial charge in [0.15, 0.2) is 0 Å². The summed E-state index contributed by atoms with van der Waals surface area (Å²) in [6, 6.07) is 0.689. The molecule has 0 saturated carbocycles. The van der Waals surface area contributed by atoms with Gasteiger partial charge in [-0.2, -0.15) is 0 Å². The maximum Gasteiger partial charge on any atom is 0.304 e. The molecule has 0 spiro atoms. The van der Waals surface area contributed by atoms with Crippen LogP contribution in [0.4, 0.5) is 0 Å². The molecule has 0 radical (unpaired) electrons. The molecule has 1 heterocycles. The zero-order valence-corrected chi connectivity index (χ0v) is 8.53. The number of hydrogen-bond donors (Lipinski definition) is 1. The van der Waals surface area contributed by atoms with Gasteiger partial charge in [0.05, 0.1) is 6.42 Å². The Morgan fingerprint density at radius 1 is 1.38 bits per heavy atom. The lowest BCUT2D eigenvalue weighted by atomic mass is 10.1. The van der Waals surface area contributed by atoms with Crippen molar-refractivity contribution in [2.24, 2.45) is 0 Å². The van der Waals surface area contributed by atoms with E-state index in [0.717, 1.165) is 13.1 Å². The fraction of sp³-hybridized carbons (Fsp3) is 0.889. The van der Waals surface area contributed by atoms with Gasteiger partial charge in [0.1, 0.15) is 0 Å². The first-order valence-corrected chi connectivity index (χ1v) is 4.63. The van der Waals surface area contributed by atoms with Gasteiger partial charge in [0.2, 0.25) is 0 Å². The number of carbonyl (C=O) groups is 1. The van der Waals surface area contributed by atoms with Crippen molar-refractivity contribution in [1.82, 2.24) is 9.80 Å². The summed E-state index contributed by atoms with van der Waals surface area (Å²) in [7, 11) is 4.05. The Bertz CT molecular complexity index is 196.